The lowest BCUT2D eigenvalue weighted by molar-refractivity contribution is 0.563. The van der Waals surface area contributed by atoms with E-state index in [0.29, 0.717) is 12.5 Å². The molecule has 1 rings (SSSR count). The fourth-order valence-corrected chi connectivity index (χ4v) is 1.70. The average Bonchev–Trinajstić information content (AvgIpc) is 2.18. The molecule has 2 nitrogen and oxygen atoms in total. The molecule has 1 aromatic rings. The van der Waals surface area contributed by atoms with Crippen molar-refractivity contribution in [3.8, 4) is 0 Å². The van der Waals surface area contributed by atoms with Crippen molar-refractivity contribution in [2.45, 2.75) is 26.8 Å². The van der Waals surface area contributed by atoms with Gasteiger partial charge in [0.15, 0.2) is 0 Å². The average molecular weight is 224 g/mol. The molecule has 0 saturated heterocycles. The number of carbonyl (C=O) groups excluding carboxylic acids is 1. The minimum absolute atomic E-state index is 0.352. The van der Waals surface area contributed by atoms with Crippen LogP contribution in [0.15, 0.2) is 23.2 Å². The Kier molecular flexibility index (Phi) is 4.54. The summed E-state index contributed by atoms with van der Waals surface area (Å²) in [6.45, 7) is 4.66. The van der Waals surface area contributed by atoms with E-state index in [0.717, 1.165) is 22.6 Å². The smallest absolute Gasteiger partial charge is 0.211 e. The zero-order valence-corrected chi connectivity index (χ0v) is 9.71. The first-order chi connectivity index (χ1) is 7.13. The minimum Gasteiger partial charge on any atom is -0.211 e. The maximum absolute atomic E-state index is 9.95. The van der Waals surface area contributed by atoms with Crippen LogP contribution in [0, 0.1) is 5.92 Å². The summed E-state index contributed by atoms with van der Waals surface area (Å²) in [4.78, 5) is 13.5. The van der Waals surface area contributed by atoms with Gasteiger partial charge in [-0.3, -0.25) is 0 Å². The van der Waals surface area contributed by atoms with Crippen molar-refractivity contribution in [2.75, 3.05) is 0 Å². The molecule has 1 aromatic carbocycles. The molecule has 0 aliphatic heterocycles. The van der Waals surface area contributed by atoms with Gasteiger partial charge in [0.25, 0.3) is 0 Å². The van der Waals surface area contributed by atoms with E-state index in [-0.39, 0.29) is 0 Å². The molecule has 15 heavy (non-hydrogen) atoms. The number of rotatable bonds is 4. The molecular weight excluding hydrogens is 210 g/mol. The summed E-state index contributed by atoms with van der Waals surface area (Å²) in [6, 6.07) is 5.81. The van der Waals surface area contributed by atoms with Crippen LogP contribution in [0.25, 0.3) is 0 Å². The summed E-state index contributed by atoms with van der Waals surface area (Å²) in [6.07, 6.45) is 2.48. The quantitative estimate of drug-likeness (QED) is 0.569. The van der Waals surface area contributed by atoms with Crippen molar-refractivity contribution in [3.05, 3.63) is 34.3 Å². The van der Waals surface area contributed by atoms with Gasteiger partial charge in [-0.15, -0.1) is 0 Å². The van der Waals surface area contributed by atoms with E-state index in [9.17, 15) is 4.79 Å². The van der Waals surface area contributed by atoms with Gasteiger partial charge >= 0.3 is 0 Å². The van der Waals surface area contributed by atoms with Crippen LogP contribution in [0.3, 0.4) is 0 Å². The Morgan fingerprint density at radius 2 is 2.20 bits per heavy atom. The second-order valence-corrected chi connectivity index (χ2v) is 4.34. The van der Waals surface area contributed by atoms with Crippen LogP contribution in [-0.4, -0.2) is 6.08 Å². The number of aliphatic imine (C=N–C) groups is 1. The Balaban J connectivity index is 2.82. The van der Waals surface area contributed by atoms with Crippen molar-refractivity contribution >= 4 is 17.7 Å². The molecule has 0 aromatic heterocycles. The zero-order chi connectivity index (χ0) is 11.3. The zero-order valence-electron chi connectivity index (χ0n) is 8.96. The van der Waals surface area contributed by atoms with Gasteiger partial charge in [-0.05, 0) is 29.5 Å². The van der Waals surface area contributed by atoms with E-state index < -0.39 is 0 Å². The minimum atomic E-state index is 0.352. The van der Waals surface area contributed by atoms with Crippen LogP contribution < -0.4 is 0 Å². The molecule has 0 atom stereocenters. The third kappa shape index (κ3) is 3.86. The van der Waals surface area contributed by atoms with Crippen molar-refractivity contribution in [1.29, 1.82) is 0 Å². The summed E-state index contributed by atoms with van der Waals surface area (Å²) in [5.74, 6) is 0.585. The summed E-state index contributed by atoms with van der Waals surface area (Å²) in [5, 5.41) is 0.752. The lowest BCUT2D eigenvalue weighted by Crippen LogP contribution is -1.95. The fourth-order valence-electron chi connectivity index (χ4n) is 1.42. The molecule has 0 radical (unpaired) electrons. The third-order valence-corrected chi connectivity index (χ3v) is 2.42. The van der Waals surface area contributed by atoms with E-state index in [4.69, 9.17) is 11.6 Å². The first-order valence-electron chi connectivity index (χ1n) is 4.94. The Morgan fingerprint density at radius 1 is 1.47 bits per heavy atom. The van der Waals surface area contributed by atoms with Crippen molar-refractivity contribution in [1.82, 2.24) is 0 Å². The first kappa shape index (κ1) is 12.0. The van der Waals surface area contributed by atoms with Crippen molar-refractivity contribution in [2.24, 2.45) is 10.9 Å². The van der Waals surface area contributed by atoms with Crippen LogP contribution in [0.1, 0.15) is 25.0 Å². The molecule has 0 unspecified atom stereocenters. The van der Waals surface area contributed by atoms with E-state index in [1.165, 1.54) is 6.08 Å². The van der Waals surface area contributed by atoms with Gasteiger partial charge in [0.05, 0.1) is 6.54 Å². The molecular formula is C12H14ClNO. The third-order valence-electron chi connectivity index (χ3n) is 2.07. The van der Waals surface area contributed by atoms with Gasteiger partial charge in [0.1, 0.15) is 0 Å². The highest BCUT2D eigenvalue weighted by Gasteiger charge is 2.03. The molecule has 0 aliphatic carbocycles. The lowest BCUT2D eigenvalue weighted by Gasteiger charge is -2.08. The van der Waals surface area contributed by atoms with Gasteiger partial charge in [-0.2, -0.15) is 0 Å². The molecule has 80 valence electrons. The van der Waals surface area contributed by atoms with Crippen LogP contribution in [0.5, 0.6) is 0 Å². The molecule has 0 amide bonds. The molecule has 0 N–H and O–H groups in total. The highest BCUT2D eigenvalue weighted by molar-refractivity contribution is 6.31. The van der Waals surface area contributed by atoms with E-state index in [2.05, 4.69) is 18.8 Å². The summed E-state index contributed by atoms with van der Waals surface area (Å²) < 4.78 is 0. The van der Waals surface area contributed by atoms with E-state index in [1.807, 2.05) is 18.2 Å². The number of benzene rings is 1. The SMILES string of the molecule is CC(C)Cc1ccc(CN=C=O)cc1Cl. The van der Waals surface area contributed by atoms with E-state index in [1.54, 1.807) is 0 Å². The molecule has 0 aliphatic rings. The highest BCUT2D eigenvalue weighted by Crippen LogP contribution is 2.21. The number of nitrogens with zero attached hydrogens (tertiary/aromatic N) is 1. The molecule has 0 heterocycles. The molecule has 3 heteroatoms. The maximum Gasteiger partial charge on any atom is 0.235 e. The standard InChI is InChI=1S/C12H14ClNO/c1-9(2)5-11-4-3-10(6-12(11)13)7-14-8-15/h3-4,6,9H,5,7H2,1-2H3. The van der Waals surface area contributed by atoms with Crippen molar-refractivity contribution in [3.63, 3.8) is 0 Å². The monoisotopic (exact) mass is 223 g/mol. The van der Waals surface area contributed by atoms with E-state index >= 15 is 0 Å². The van der Waals surface area contributed by atoms with Gasteiger partial charge in [-0.25, -0.2) is 9.79 Å². The van der Waals surface area contributed by atoms with Crippen LogP contribution in [-0.2, 0) is 17.8 Å². The van der Waals surface area contributed by atoms with Gasteiger partial charge in [0.2, 0.25) is 6.08 Å². The van der Waals surface area contributed by atoms with Gasteiger partial charge in [-0.1, -0.05) is 37.6 Å². The maximum atomic E-state index is 9.95. The summed E-state index contributed by atoms with van der Waals surface area (Å²) in [5.41, 5.74) is 2.08. The van der Waals surface area contributed by atoms with Gasteiger partial charge < -0.3 is 0 Å². The van der Waals surface area contributed by atoms with Crippen molar-refractivity contribution < 1.29 is 4.79 Å². The largest absolute Gasteiger partial charge is 0.235 e. The van der Waals surface area contributed by atoms with Crippen LogP contribution in [0.2, 0.25) is 5.02 Å². The topological polar surface area (TPSA) is 29.4 Å². The molecule has 0 spiro atoms. The first-order valence-corrected chi connectivity index (χ1v) is 5.32. The Labute approximate surface area is 95.0 Å². The summed E-state index contributed by atoms with van der Waals surface area (Å²) >= 11 is 6.11. The number of halogens is 1. The molecule has 0 saturated carbocycles. The second-order valence-electron chi connectivity index (χ2n) is 3.93. The number of hydrogen-bond acceptors (Lipinski definition) is 2. The second kappa shape index (κ2) is 5.69. The Bertz CT molecular complexity index is 381. The van der Waals surface area contributed by atoms with Crippen LogP contribution >= 0.6 is 11.6 Å². The Hall–Kier alpha value is -1.11. The number of hydrogen-bond donors (Lipinski definition) is 0. The molecule has 0 fully saturated rings. The van der Waals surface area contributed by atoms with Gasteiger partial charge in [0, 0.05) is 5.02 Å². The number of isocyanates is 1. The molecule has 0 bridgehead atoms. The highest BCUT2D eigenvalue weighted by atomic mass is 35.5. The predicted octanol–water partition coefficient (Wildman–Crippen LogP) is 3.37. The normalized spacial score (nSPS) is 10.1. The predicted molar refractivity (Wildman–Crippen MR) is 61.8 cm³/mol. The Morgan fingerprint density at radius 3 is 2.73 bits per heavy atom. The fraction of sp³-hybridized carbons (Fsp3) is 0.417. The summed E-state index contributed by atoms with van der Waals surface area (Å²) in [7, 11) is 0. The van der Waals surface area contributed by atoms with Crippen LogP contribution in [0.4, 0.5) is 0 Å². The lowest BCUT2D eigenvalue weighted by atomic mass is 10.0.